The molecule has 0 rings (SSSR count). The molecular weight excluding hydrogens is 126 g/mol. The highest BCUT2D eigenvalue weighted by Crippen LogP contribution is 1.93. The smallest absolute Gasteiger partial charge is 0.115 e. The zero-order valence-electron chi connectivity index (χ0n) is 5.83. The molecule has 0 aliphatic heterocycles. The van der Waals surface area contributed by atoms with Crippen LogP contribution < -0.4 is 0 Å². The Balaban J connectivity index is 4.21. The summed E-state index contributed by atoms with van der Waals surface area (Å²) >= 11 is 0. The van der Waals surface area contributed by atoms with E-state index >= 15 is 0 Å². The fraction of sp³-hybridized carbons (Fsp3) is 0.125. The van der Waals surface area contributed by atoms with Gasteiger partial charge in [0.25, 0.3) is 0 Å². The minimum absolute atomic E-state index is 0.0644. The molecule has 0 aromatic heterocycles. The van der Waals surface area contributed by atoms with Gasteiger partial charge in [0.2, 0.25) is 0 Å². The van der Waals surface area contributed by atoms with Crippen molar-refractivity contribution in [1.82, 2.24) is 0 Å². The summed E-state index contributed by atoms with van der Waals surface area (Å²) in [7, 11) is 0. The van der Waals surface area contributed by atoms with Crippen LogP contribution in [-0.4, -0.2) is 5.11 Å². The summed E-state index contributed by atoms with van der Waals surface area (Å²) in [5, 5.41) is 17.1. The van der Waals surface area contributed by atoms with Crippen molar-refractivity contribution in [3.63, 3.8) is 0 Å². The van der Waals surface area contributed by atoms with Gasteiger partial charge in [0, 0.05) is 5.57 Å². The number of rotatable bonds is 2. The SMILES string of the molecule is C=C/C(O)=C\C=C(/C)C#N. The van der Waals surface area contributed by atoms with Gasteiger partial charge >= 0.3 is 0 Å². The first-order chi connectivity index (χ1) is 4.70. The van der Waals surface area contributed by atoms with Crippen LogP contribution in [0.4, 0.5) is 0 Å². The fourth-order valence-electron chi connectivity index (χ4n) is 0.316. The van der Waals surface area contributed by atoms with Crippen LogP contribution in [0.15, 0.2) is 36.1 Å². The highest BCUT2D eigenvalue weighted by molar-refractivity contribution is 5.26. The Labute approximate surface area is 60.4 Å². The molecule has 0 spiro atoms. The van der Waals surface area contributed by atoms with Crippen LogP contribution in [0.1, 0.15) is 6.92 Å². The molecule has 2 nitrogen and oxygen atoms in total. The molecule has 1 N–H and O–H groups in total. The summed E-state index contributed by atoms with van der Waals surface area (Å²) in [6, 6.07) is 1.92. The predicted octanol–water partition coefficient (Wildman–Crippen LogP) is 2.08. The predicted molar refractivity (Wildman–Crippen MR) is 40.3 cm³/mol. The van der Waals surface area contributed by atoms with Gasteiger partial charge in [-0.15, -0.1) is 0 Å². The van der Waals surface area contributed by atoms with Gasteiger partial charge in [0.15, 0.2) is 0 Å². The Hall–Kier alpha value is -1.49. The summed E-state index contributed by atoms with van der Waals surface area (Å²) in [6.45, 7) is 4.99. The standard InChI is InChI=1S/C8H9NO/c1-3-8(10)5-4-7(2)6-9/h3-5,10H,1H2,2H3/b7-4+,8-5+. The molecule has 0 radical (unpaired) electrons. The second-order valence-corrected chi connectivity index (χ2v) is 1.76. The van der Waals surface area contributed by atoms with E-state index in [0.717, 1.165) is 0 Å². The lowest BCUT2D eigenvalue weighted by atomic mass is 10.3. The molecular formula is C8H9NO. The van der Waals surface area contributed by atoms with E-state index in [2.05, 4.69) is 6.58 Å². The molecule has 0 fully saturated rings. The van der Waals surface area contributed by atoms with Gasteiger partial charge in [-0.2, -0.15) is 5.26 Å². The molecule has 0 unspecified atom stereocenters. The van der Waals surface area contributed by atoms with Crippen molar-refractivity contribution in [2.24, 2.45) is 0 Å². The van der Waals surface area contributed by atoms with Crippen LogP contribution in [0.25, 0.3) is 0 Å². The molecule has 0 amide bonds. The summed E-state index contributed by atoms with van der Waals surface area (Å²) in [5.41, 5.74) is 0.549. The van der Waals surface area contributed by atoms with E-state index in [1.807, 2.05) is 6.07 Å². The van der Waals surface area contributed by atoms with E-state index in [1.165, 1.54) is 18.2 Å². The van der Waals surface area contributed by atoms with Gasteiger partial charge in [-0.3, -0.25) is 0 Å². The second kappa shape index (κ2) is 4.39. The Morgan fingerprint density at radius 3 is 2.60 bits per heavy atom. The Bertz CT molecular complexity index is 218. The molecule has 10 heavy (non-hydrogen) atoms. The van der Waals surface area contributed by atoms with Gasteiger partial charge < -0.3 is 5.11 Å². The molecule has 52 valence electrons. The number of hydrogen-bond acceptors (Lipinski definition) is 2. The van der Waals surface area contributed by atoms with Crippen molar-refractivity contribution in [3.05, 3.63) is 36.1 Å². The summed E-state index contributed by atoms with van der Waals surface area (Å²) in [5.74, 6) is 0.0644. The number of nitriles is 1. The third-order valence-corrected chi connectivity index (χ3v) is 0.890. The van der Waals surface area contributed by atoms with E-state index in [9.17, 15) is 0 Å². The lowest BCUT2D eigenvalue weighted by Crippen LogP contribution is -1.70. The summed E-state index contributed by atoms with van der Waals surface area (Å²) in [4.78, 5) is 0. The fourth-order valence-corrected chi connectivity index (χ4v) is 0.316. The van der Waals surface area contributed by atoms with E-state index in [-0.39, 0.29) is 5.76 Å². The number of aliphatic hydroxyl groups excluding tert-OH is 1. The first-order valence-electron chi connectivity index (χ1n) is 2.80. The lowest BCUT2D eigenvalue weighted by Gasteiger charge is -1.84. The quantitative estimate of drug-likeness (QED) is 0.358. The van der Waals surface area contributed by atoms with Crippen LogP contribution in [-0.2, 0) is 0 Å². The maximum Gasteiger partial charge on any atom is 0.115 e. The molecule has 0 aliphatic rings. The molecule has 0 saturated heterocycles. The van der Waals surface area contributed by atoms with Gasteiger partial charge in [-0.05, 0) is 25.2 Å². The number of aliphatic hydroxyl groups is 1. The maximum absolute atomic E-state index is 8.79. The molecule has 0 atom stereocenters. The van der Waals surface area contributed by atoms with Crippen molar-refractivity contribution < 1.29 is 5.11 Å². The highest BCUT2D eigenvalue weighted by atomic mass is 16.3. The Morgan fingerprint density at radius 1 is 1.60 bits per heavy atom. The van der Waals surface area contributed by atoms with Crippen molar-refractivity contribution >= 4 is 0 Å². The summed E-state index contributed by atoms with van der Waals surface area (Å²) < 4.78 is 0. The summed E-state index contributed by atoms with van der Waals surface area (Å²) in [6.07, 6.45) is 4.25. The van der Waals surface area contributed by atoms with Gasteiger partial charge in [0.05, 0.1) is 6.07 Å². The number of hydrogen-bond donors (Lipinski definition) is 1. The molecule has 0 aliphatic carbocycles. The molecule has 0 heterocycles. The van der Waals surface area contributed by atoms with Crippen LogP contribution in [0, 0.1) is 11.3 Å². The Kier molecular flexibility index (Phi) is 3.74. The van der Waals surface area contributed by atoms with Crippen molar-refractivity contribution in [2.75, 3.05) is 0 Å². The molecule has 0 aromatic carbocycles. The van der Waals surface area contributed by atoms with E-state index < -0.39 is 0 Å². The van der Waals surface area contributed by atoms with Crippen LogP contribution in [0.3, 0.4) is 0 Å². The van der Waals surface area contributed by atoms with Crippen LogP contribution >= 0.6 is 0 Å². The van der Waals surface area contributed by atoms with Crippen molar-refractivity contribution in [1.29, 1.82) is 5.26 Å². The average Bonchev–Trinajstić information content (AvgIpc) is 1.99. The molecule has 0 aromatic rings. The van der Waals surface area contributed by atoms with Crippen LogP contribution in [0.5, 0.6) is 0 Å². The maximum atomic E-state index is 8.79. The van der Waals surface area contributed by atoms with E-state index in [1.54, 1.807) is 6.92 Å². The monoisotopic (exact) mass is 135 g/mol. The first kappa shape index (κ1) is 8.51. The molecule has 2 heteroatoms. The molecule has 0 bridgehead atoms. The third kappa shape index (κ3) is 3.50. The van der Waals surface area contributed by atoms with Crippen LogP contribution in [0.2, 0.25) is 0 Å². The average molecular weight is 135 g/mol. The van der Waals surface area contributed by atoms with Gasteiger partial charge in [0.1, 0.15) is 5.76 Å². The number of nitrogens with zero attached hydrogens (tertiary/aromatic N) is 1. The number of allylic oxidation sites excluding steroid dienone is 4. The highest BCUT2D eigenvalue weighted by Gasteiger charge is 1.81. The van der Waals surface area contributed by atoms with Gasteiger partial charge in [-0.1, -0.05) is 6.58 Å². The zero-order chi connectivity index (χ0) is 7.98. The van der Waals surface area contributed by atoms with Crippen molar-refractivity contribution in [3.8, 4) is 6.07 Å². The van der Waals surface area contributed by atoms with Crippen molar-refractivity contribution in [2.45, 2.75) is 6.92 Å². The zero-order valence-corrected chi connectivity index (χ0v) is 5.83. The molecule has 0 saturated carbocycles. The largest absolute Gasteiger partial charge is 0.508 e. The third-order valence-electron chi connectivity index (χ3n) is 0.890. The topological polar surface area (TPSA) is 44.0 Å². The van der Waals surface area contributed by atoms with E-state index in [4.69, 9.17) is 10.4 Å². The van der Waals surface area contributed by atoms with Gasteiger partial charge in [-0.25, -0.2) is 0 Å². The normalized spacial score (nSPS) is 12.4. The first-order valence-corrected chi connectivity index (χ1v) is 2.80. The Morgan fingerprint density at radius 2 is 2.20 bits per heavy atom. The lowest BCUT2D eigenvalue weighted by molar-refractivity contribution is 0.433. The van der Waals surface area contributed by atoms with E-state index in [0.29, 0.717) is 5.57 Å². The minimum atomic E-state index is 0.0644. The second-order valence-electron chi connectivity index (χ2n) is 1.76. The minimum Gasteiger partial charge on any atom is -0.508 e.